The average Bonchev–Trinajstić information content (AvgIpc) is 2.12. The molecule has 0 bridgehead atoms. The van der Waals surface area contributed by atoms with Crippen LogP contribution in [0.4, 0.5) is 26.3 Å². The summed E-state index contributed by atoms with van der Waals surface area (Å²) in [5.74, 6) is -5.71. The molecule has 14 heavy (non-hydrogen) atoms. The number of nitrogens with zero attached hydrogens (tertiary/aromatic N) is 2. The van der Waals surface area contributed by atoms with Crippen LogP contribution >= 0.6 is 0 Å². The maximum atomic E-state index is 12.5. The molecule has 2 nitrogen and oxygen atoms in total. The molecule has 0 amide bonds. The number of rotatable bonds is 1. The number of alkyl halides is 4. The Morgan fingerprint density at radius 1 is 1.00 bits per heavy atom. The van der Waals surface area contributed by atoms with Crippen molar-refractivity contribution < 1.29 is 26.3 Å². The zero-order valence-corrected chi connectivity index (χ0v) is 6.16. The lowest BCUT2D eigenvalue weighted by Crippen LogP contribution is -2.40. The first-order chi connectivity index (χ1) is 6.20. The summed E-state index contributed by atoms with van der Waals surface area (Å²) >= 11 is 0. The Morgan fingerprint density at radius 2 is 1.43 bits per heavy atom. The summed E-state index contributed by atoms with van der Waals surface area (Å²) in [5.41, 5.74) is -5.12. The van der Waals surface area contributed by atoms with Crippen LogP contribution in [0.2, 0.25) is 0 Å². The lowest BCUT2D eigenvalue weighted by Gasteiger charge is -2.17. The number of allylic oxidation sites excluding steroid dienone is 2. The van der Waals surface area contributed by atoms with Crippen molar-refractivity contribution in [2.75, 3.05) is 0 Å². The van der Waals surface area contributed by atoms with Crippen molar-refractivity contribution in [2.45, 2.75) is 11.8 Å². The van der Waals surface area contributed by atoms with Crippen molar-refractivity contribution in [2.24, 2.45) is 0 Å². The van der Waals surface area contributed by atoms with Gasteiger partial charge >= 0.3 is 11.8 Å². The minimum Gasteiger partial charge on any atom is -0.209 e. The van der Waals surface area contributed by atoms with Gasteiger partial charge in [0, 0.05) is 0 Å². The molecular weight excluding hydrogens is 214 g/mol. The van der Waals surface area contributed by atoms with Gasteiger partial charge in [-0.05, 0) is 0 Å². The van der Waals surface area contributed by atoms with E-state index in [-0.39, 0.29) is 6.07 Å². The highest BCUT2D eigenvalue weighted by molar-refractivity contribution is 5.32. The molecule has 0 radical (unpaired) electrons. The second-order valence-electron chi connectivity index (χ2n) is 2.01. The van der Waals surface area contributed by atoms with E-state index in [4.69, 9.17) is 10.5 Å². The molecule has 0 aliphatic heterocycles. The molecule has 0 heterocycles. The molecule has 0 N–H and O–H groups in total. The normalized spacial score (nSPS) is 17.4. The fourth-order valence-corrected chi connectivity index (χ4v) is 0.437. The lowest BCUT2D eigenvalue weighted by molar-refractivity contribution is -0.201. The van der Waals surface area contributed by atoms with Crippen molar-refractivity contribution in [1.82, 2.24) is 0 Å². The largest absolute Gasteiger partial charge is 0.443 e. The molecule has 8 heteroatoms. The van der Waals surface area contributed by atoms with Crippen molar-refractivity contribution in [3.05, 3.63) is 11.7 Å². The van der Waals surface area contributed by atoms with Crippen LogP contribution in [0.25, 0.3) is 0 Å². The van der Waals surface area contributed by atoms with E-state index in [1.165, 1.54) is 0 Å². The van der Waals surface area contributed by atoms with Gasteiger partial charge in [0.25, 0.3) is 0 Å². The van der Waals surface area contributed by atoms with E-state index in [0.29, 0.717) is 6.07 Å². The van der Waals surface area contributed by atoms with Crippen molar-refractivity contribution in [1.29, 1.82) is 10.5 Å². The maximum absolute atomic E-state index is 12.5. The quantitative estimate of drug-likeness (QED) is 0.497. The first-order valence-electron chi connectivity index (χ1n) is 2.83. The van der Waals surface area contributed by atoms with Gasteiger partial charge in [0.15, 0.2) is 0 Å². The van der Waals surface area contributed by atoms with Gasteiger partial charge in [-0.1, -0.05) is 0 Å². The Balaban J connectivity index is 5.57. The van der Waals surface area contributed by atoms with Crippen LogP contribution in [0, 0.1) is 22.7 Å². The van der Waals surface area contributed by atoms with Crippen LogP contribution in [0.15, 0.2) is 11.7 Å². The van der Waals surface area contributed by atoms with Crippen molar-refractivity contribution >= 4 is 0 Å². The van der Waals surface area contributed by atoms with Gasteiger partial charge < -0.3 is 0 Å². The van der Waals surface area contributed by atoms with E-state index >= 15 is 0 Å². The van der Waals surface area contributed by atoms with E-state index in [1.807, 2.05) is 0 Å². The van der Waals surface area contributed by atoms with Crippen LogP contribution < -0.4 is 0 Å². The third kappa shape index (κ3) is 1.79. The van der Waals surface area contributed by atoms with Gasteiger partial charge in [-0.2, -0.15) is 28.1 Å². The molecule has 0 fully saturated rings. The molecule has 0 saturated carbocycles. The van der Waals surface area contributed by atoms with E-state index < -0.39 is 23.5 Å². The fraction of sp³-hybridized carbons (Fsp3) is 0.333. The topological polar surface area (TPSA) is 47.6 Å². The highest BCUT2D eigenvalue weighted by Gasteiger charge is 2.62. The summed E-state index contributed by atoms with van der Waals surface area (Å²) in [6.45, 7) is 0. The monoisotopic (exact) mass is 214 g/mol. The van der Waals surface area contributed by atoms with Crippen LogP contribution in [0.1, 0.15) is 0 Å². The van der Waals surface area contributed by atoms with Gasteiger partial charge in [0.05, 0.1) is 0 Å². The van der Waals surface area contributed by atoms with Crippen LogP contribution in [0.3, 0.4) is 0 Å². The molecule has 0 spiro atoms. The third-order valence-electron chi connectivity index (χ3n) is 1.14. The Bertz CT molecular complexity index is 343. The van der Waals surface area contributed by atoms with E-state index in [0.717, 1.165) is 0 Å². The molecule has 1 unspecified atom stereocenters. The molecule has 1 atom stereocenters. The van der Waals surface area contributed by atoms with Crippen molar-refractivity contribution in [3.8, 4) is 12.1 Å². The highest BCUT2D eigenvalue weighted by atomic mass is 19.4. The van der Waals surface area contributed by atoms with E-state index in [9.17, 15) is 26.3 Å². The molecule has 0 aromatic heterocycles. The molecule has 0 aromatic carbocycles. The molecule has 0 rings (SSSR count). The summed E-state index contributed by atoms with van der Waals surface area (Å²) in [6.07, 6.45) is -5.94. The number of nitriles is 2. The van der Waals surface area contributed by atoms with Gasteiger partial charge in [-0.3, -0.25) is 0 Å². The Morgan fingerprint density at radius 3 is 1.64 bits per heavy atom. The maximum Gasteiger partial charge on any atom is 0.443 e. The molecule has 0 aromatic rings. The first-order valence-corrected chi connectivity index (χ1v) is 2.83. The fourth-order valence-electron chi connectivity index (χ4n) is 0.437. The second kappa shape index (κ2) is 3.58. The minimum absolute atomic E-state index is 0.0823. The Kier molecular flexibility index (Phi) is 3.15. The van der Waals surface area contributed by atoms with Crippen LogP contribution in [0.5, 0.6) is 0 Å². The number of halogens is 6. The summed E-state index contributed by atoms with van der Waals surface area (Å²) in [7, 11) is 0. The van der Waals surface area contributed by atoms with E-state index in [1.54, 1.807) is 0 Å². The standard InChI is InChI=1S/C6F6N2/c7-3(1-13)4(8)5(9,2-14)6(10,11)12/b4-3-. The molecule has 0 aliphatic rings. The van der Waals surface area contributed by atoms with E-state index in [2.05, 4.69) is 0 Å². The van der Waals surface area contributed by atoms with Crippen LogP contribution in [-0.2, 0) is 0 Å². The minimum atomic E-state index is -5.94. The molecular formula is C6F6N2. The predicted octanol–water partition coefficient (Wildman–Crippen LogP) is 2.45. The first kappa shape index (κ1) is 12.3. The zero-order chi connectivity index (χ0) is 11.6. The summed E-state index contributed by atoms with van der Waals surface area (Å²) in [4.78, 5) is 0. The van der Waals surface area contributed by atoms with Gasteiger partial charge in [-0.25, -0.2) is 8.78 Å². The molecule has 76 valence electrons. The van der Waals surface area contributed by atoms with Gasteiger partial charge in [0.2, 0.25) is 11.7 Å². The van der Waals surface area contributed by atoms with Crippen molar-refractivity contribution in [3.63, 3.8) is 0 Å². The average molecular weight is 214 g/mol. The third-order valence-corrected chi connectivity index (χ3v) is 1.14. The van der Waals surface area contributed by atoms with Gasteiger partial charge in [0.1, 0.15) is 12.1 Å². The second-order valence-corrected chi connectivity index (χ2v) is 2.01. The molecule has 0 aliphatic carbocycles. The number of hydrogen-bond donors (Lipinski definition) is 0. The lowest BCUT2D eigenvalue weighted by atomic mass is 10.1. The predicted molar refractivity (Wildman–Crippen MR) is 30.4 cm³/mol. The summed E-state index contributed by atoms with van der Waals surface area (Å²) < 4.78 is 72.0. The Hall–Kier alpha value is -1.70. The summed E-state index contributed by atoms with van der Waals surface area (Å²) in [5, 5.41) is 15.4. The SMILES string of the molecule is N#C/C(F)=C(/F)C(F)(C#N)C(F)(F)F. The molecule has 0 saturated heterocycles. The Labute approximate surface area is 73.7 Å². The van der Waals surface area contributed by atoms with Crippen LogP contribution in [-0.4, -0.2) is 11.8 Å². The summed E-state index contributed by atoms with van der Waals surface area (Å²) in [6, 6.07) is 0.241. The smallest absolute Gasteiger partial charge is 0.209 e. The zero-order valence-electron chi connectivity index (χ0n) is 6.16. The van der Waals surface area contributed by atoms with Gasteiger partial charge in [-0.15, -0.1) is 0 Å². The number of hydrogen-bond acceptors (Lipinski definition) is 2. The highest BCUT2D eigenvalue weighted by Crippen LogP contribution is 2.41.